The largest absolute Gasteiger partial charge is 0.312 e. The molecular weight excluding hydrogens is 316 g/mol. The minimum Gasteiger partial charge on any atom is -0.312 e. The lowest BCUT2D eigenvalue weighted by molar-refractivity contribution is 0.182. The Morgan fingerprint density at radius 3 is 2.70 bits per heavy atom. The standard InChI is InChI=1S/C13H22N2O2S2.ClH/c1-10-5-6-12(18-10)19(16,17)15-9-11-13(2,3)7-4-8-14-11;/h5-6,11,14-15H,4,7-9H2,1-3H3;1H. The van der Waals surface area contributed by atoms with Crippen molar-refractivity contribution in [3.8, 4) is 0 Å². The van der Waals surface area contributed by atoms with Gasteiger partial charge < -0.3 is 5.32 Å². The zero-order valence-electron chi connectivity index (χ0n) is 12.1. The first-order valence-corrected chi connectivity index (χ1v) is 8.91. The van der Waals surface area contributed by atoms with Gasteiger partial charge in [0, 0.05) is 17.5 Å². The van der Waals surface area contributed by atoms with E-state index < -0.39 is 10.0 Å². The molecule has 0 aromatic carbocycles. The molecule has 2 N–H and O–H groups in total. The minimum absolute atomic E-state index is 0. The van der Waals surface area contributed by atoms with Gasteiger partial charge in [-0.1, -0.05) is 13.8 Å². The van der Waals surface area contributed by atoms with Gasteiger partial charge in [-0.25, -0.2) is 13.1 Å². The van der Waals surface area contributed by atoms with Gasteiger partial charge >= 0.3 is 0 Å². The number of sulfonamides is 1. The van der Waals surface area contributed by atoms with E-state index >= 15 is 0 Å². The van der Waals surface area contributed by atoms with Crippen LogP contribution < -0.4 is 10.0 Å². The highest BCUT2D eigenvalue weighted by Gasteiger charge is 2.32. The van der Waals surface area contributed by atoms with Crippen LogP contribution >= 0.6 is 23.7 Å². The molecule has 20 heavy (non-hydrogen) atoms. The molecule has 0 bridgehead atoms. The van der Waals surface area contributed by atoms with Crippen LogP contribution in [0, 0.1) is 12.3 Å². The molecule has 1 aromatic rings. The van der Waals surface area contributed by atoms with Crippen molar-refractivity contribution in [1.82, 2.24) is 10.0 Å². The molecule has 2 rings (SSSR count). The van der Waals surface area contributed by atoms with Crippen molar-refractivity contribution >= 4 is 33.8 Å². The molecule has 1 saturated heterocycles. The van der Waals surface area contributed by atoms with E-state index in [-0.39, 0.29) is 23.9 Å². The van der Waals surface area contributed by atoms with Gasteiger partial charge in [0.05, 0.1) is 0 Å². The van der Waals surface area contributed by atoms with Crippen LogP contribution in [-0.4, -0.2) is 27.5 Å². The Balaban J connectivity index is 0.00000200. The number of piperidine rings is 1. The second-order valence-electron chi connectivity index (χ2n) is 5.82. The van der Waals surface area contributed by atoms with Crippen molar-refractivity contribution in [2.75, 3.05) is 13.1 Å². The quantitative estimate of drug-likeness (QED) is 0.887. The maximum Gasteiger partial charge on any atom is 0.250 e. The van der Waals surface area contributed by atoms with Crippen molar-refractivity contribution in [1.29, 1.82) is 0 Å². The molecular formula is C13H23ClN2O2S2. The van der Waals surface area contributed by atoms with Crippen LogP contribution in [-0.2, 0) is 10.0 Å². The monoisotopic (exact) mass is 338 g/mol. The molecule has 1 fully saturated rings. The molecule has 0 amide bonds. The maximum absolute atomic E-state index is 12.2. The van der Waals surface area contributed by atoms with Gasteiger partial charge in [-0.05, 0) is 43.9 Å². The van der Waals surface area contributed by atoms with E-state index in [9.17, 15) is 8.42 Å². The second kappa shape index (κ2) is 6.75. The normalized spacial score (nSPS) is 22.2. The topological polar surface area (TPSA) is 58.2 Å². The van der Waals surface area contributed by atoms with Crippen molar-refractivity contribution in [2.24, 2.45) is 5.41 Å². The fraction of sp³-hybridized carbons (Fsp3) is 0.692. The molecule has 1 aliphatic heterocycles. The van der Waals surface area contributed by atoms with Crippen LogP contribution in [0.2, 0.25) is 0 Å². The summed E-state index contributed by atoms with van der Waals surface area (Å²) < 4.78 is 27.5. The molecule has 1 aromatic heterocycles. The summed E-state index contributed by atoms with van der Waals surface area (Å²) in [5.41, 5.74) is 0.131. The number of hydrogen-bond donors (Lipinski definition) is 2. The zero-order chi connectivity index (χ0) is 14.1. The Bertz CT molecular complexity index is 540. The number of rotatable bonds is 4. The van der Waals surface area contributed by atoms with E-state index in [1.165, 1.54) is 11.3 Å². The highest BCUT2D eigenvalue weighted by molar-refractivity contribution is 7.91. The average molecular weight is 339 g/mol. The first-order chi connectivity index (χ1) is 8.81. The summed E-state index contributed by atoms with van der Waals surface area (Å²) in [5, 5.41) is 3.42. The fourth-order valence-corrected chi connectivity index (χ4v) is 4.81. The van der Waals surface area contributed by atoms with Crippen molar-refractivity contribution < 1.29 is 8.42 Å². The van der Waals surface area contributed by atoms with Crippen LogP contribution in [0.25, 0.3) is 0 Å². The summed E-state index contributed by atoms with van der Waals surface area (Å²) in [4.78, 5) is 1.01. The Morgan fingerprint density at radius 1 is 1.45 bits per heavy atom. The molecule has 0 aliphatic carbocycles. The van der Waals surface area contributed by atoms with Crippen molar-refractivity contribution in [3.63, 3.8) is 0 Å². The average Bonchev–Trinajstić information content (AvgIpc) is 2.75. The van der Waals surface area contributed by atoms with Gasteiger partial charge in [0.2, 0.25) is 10.0 Å². The Labute approximate surface area is 131 Å². The highest BCUT2D eigenvalue weighted by atomic mass is 35.5. The SMILES string of the molecule is Cc1ccc(S(=O)(=O)NCC2NCCCC2(C)C)s1.Cl. The number of thiophene rings is 1. The van der Waals surface area contributed by atoms with E-state index in [1.807, 2.05) is 13.0 Å². The van der Waals surface area contributed by atoms with E-state index in [1.54, 1.807) is 6.07 Å². The highest BCUT2D eigenvalue weighted by Crippen LogP contribution is 2.30. The van der Waals surface area contributed by atoms with E-state index in [0.717, 1.165) is 24.3 Å². The second-order valence-corrected chi connectivity index (χ2v) is 9.10. The summed E-state index contributed by atoms with van der Waals surface area (Å²) in [6.45, 7) is 7.70. The molecule has 4 nitrogen and oxygen atoms in total. The maximum atomic E-state index is 12.2. The van der Waals surface area contributed by atoms with Gasteiger partial charge in [-0.2, -0.15) is 0 Å². The molecule has 2 heterocycles. The van der Waals surface area contributed by atoms with Crippen molar-refractivity contribution in [2.45, 2.75) is 43.9 Å². The third-order valence-corrected chi connectivity index (χ3v) is 6.71. The summed E-state index contributed by atoms with van der Waals surface area (Å²) in [6.07, 6.45) is 2.28. The lowest BCUT2D eigenvalue weighted by Crippen LogP contribution is -2.52. The van der Waals surface area contributed by atoms with Crippen LogP contribution in [0.3, 0.4) is 0 Å². The molecule has 116 valence electrons. The summed E-state index contributed by atoms with van der Waals surface area (Å²) in [5.74, 6) is 0. The van der Waals surface area contributed by atoms with Crippen molar-refractivity contribution in [3.05, 3.63) is 17.0 Å². The van der Waals surface area contributed by atoms with Gasteiger partial charge in [-0.15, -0.1) is 23.7 Å². The van der Waals surface area contributed by atoms with E-state index in [4.69, 9.17) is 0 Å². The van der Waals surface area contributed by atoms with Crippen LogP contribution in [0.15, 0.2) is 16.3 Å². The van der Waals surface area contributed by atoms with Gasteiger partial charge in [0.1, 0.15) is 4.21 Å². The van der Waals surface area contributed by atoms with Gasteiger partial charge in [0.25, 0.3) is 0 Å². The molecule has 1 atom stereocenters. The number of halogens is 1. The summed E-state index contributed by atoms with van der Waals surface area (Å²) in [7, 11) is -3.36. The number of hydrogen-bond acceptors (Lipinski definition) is 4. The lowest BCUT2D eigenvalue weighted by Gasteiger charge is -2.39. The molecule has 0 radical (unpaired) electrons. The predicted molar refractivity (Wildman–Crippen MR) is 86.3 cm³/mol. The van der Waals surface area contributed by atoms with Gasteiger partial charge in [-0.3, -0.25) is 0 Å². The van der Waals surface area contributed by atoms with Gasteiger partial charge in [0.15, 0.2) is 0 Å². The van der Waals surface area contributed by atoms with E-state index in [2.05, 4.69) is 23.9 Å². The van der Waals surface area contributed by atoms with Crippen LogP contribution in [0.5, 0.6) is 0 Å². The molecule has 0 spiro atoms. The Morgan fingerprint density at radius 2 is 2.15 bits per heavy atom. The predicted octanol–water partition coefficient (Wildman–Crippen LogP) is 2.53. The minimum atomic E-state index is -3.36. The lowest BCUT2D eigenvalue weighted by atomic mass is 9.78. The summed E-state index contributed by atoms with van der Waals surface area (Å²) >= 11 is 1.31. The molecule has 7 heteroatoms. The Kier molecular flexibility index (Phi) is 6.04. The molecule has 1 aliphatic rings. The smallest absolute Gasteiger partial charge is 0.250 e. The van der Waals surface area contributed by atoms with Crippen LogP contribution in [0.1, 0.15) is 31.6 Å². The zero-order valence-corrected chi connectivity index (χ0v) is 14.6. The number of nitrogens with one attached hydrogen (secondary N) is 2. The Hall–Kier alpha value is -0.140. The summed E-state index contributed by atoms with van der Waals surface area (Å²) in [6, 6.07) is 3.70. The third kappa shape index (κ3) is 4.18. The van der Waals surface area contributed by atoms with Crippen LogP contribution in [0.4, 0.5) is 0 Å². The number of aryl methyl sites for hydroxylation is 1. The molecule has 1 unspecified atom stereocenters. The first kappa shape index (κ1) is 17.9. The molecule has 0 saturated carbocycles. The van der Waals surface area contributed by atoms with E-state index in [0.29, 0.717) is 10.8 Å². The fourth-order valence-electron chi connectivity index (χ4n) is 2.44. The first-order valence-electron chi connectivity index (χ1n) is 6.61. The third-order valence-electron chi connectivity index (χ3n) is 3.79.